The number of anilines is 1. The Hall–Kier alpha value is -2.00. The summed E-state index contributed by atoms with van der Waals surface area (Å²) >= 11 is 0. The van der Waals surface area contributed by atoms with Gasteiger partial charge in [-0.3, -0.25) is 5.10 Å². The molecule has 2 N–H and O–H groups in total. The Bertz CT molecular complexity index is 654. The highest BCUT2D eigenvalue weighted by molar-refractivity contribution is 7.89. The molecule has 9 heteroatoms. The second-order valence-corrected chi connectivity index (χ2v) is 6.58. The van der Waals surface area contributed by atoms with Crippen molar-refractivity contribution in [2.45, 2.75) is 24.8 Å². The van der Waals surface area contributed by atoms with Gasteiger partial charge in [0.15, 0.2) is 0 Å². The lowest BCUT2D eigenvalue weighted by Gasteiger charge is -2.16. The fraction of sp³-hybridized carbons (Fsp3) is 0.417. The van der Waals surface area contributed by atoms with Crippen LogP contribution in [0.1, 0.15) is 18.9 Å². The maximum atomic E-state index is 12.4. The van der Waals surface area contributed by atoms with Gasteiger partial charge in [0, 0.05) is 31.9 Å². The zero-order valence-electron chi connectivity index (χ0n) is 11.9. The monoisotopic (exact) mass is 310 g/mol. The molecule has 2 heterocycles. The van der Waals surface area contributed by atoms with Crippen molar-refractivity contribution in [3.8, 4) is 0 Å². The van der Waals surface area contributed by atoms with Gasteiger partial charge in [0.2, 0.25) is 16.0 Å². The molecule has 0 aliphatic rings. The van der Waals surface area contributed by atoms with E-state index in [9.17, 15) is 8.42 Å². The van der Waals surface area contributed by atoms with Gasteiger partial charge < -0.3 is 5.32 Å². The van der Waals surface area contributed by atoms with E-state index in [4.69, 9.17) is 0 Å². The van der Waals surface area contributed by atoms with Crippen molar-refractivity contribution in [1.82, 2.24) is 24.5 Å². The van der Waals surface area contributed by atoms with Crippen LogP contribution < -0.4 is 5.32 Å². The molecule has 0 unspecified atom stereocenters. The third kappa shape index (κ3) is 3.76. The van der Waals surface area contributed by atoms with Gasteiger partial charge in [0.1, 0.15) is 4.90 Å². The van der Waals surface area contributed by atoms with Gasteiger partial charge in [-0.15, -0.1) is 0 Å². The maximum Gasteiger partial charge on any atom is 0.246 e. The summed E-state index contributed by atoms with van der Waals surface area (Å²) in [5.41, 5.74) is 0.781. The van der Waals surface area contributed by atoms with Crippen LogP contribution in [0.3, 0.4) is 0 Å². The second kappa shape index (κ2) is 6.64. The molecule has 0 spiro atoms. The number of nitrogens with zero attached hydrogens (tertiary/aromatic N) is 4. The Balaban J connectivity index is 2.11. The van der Waals surface area contributed by atoms with E-state index in [1.165, 1.54) is 23.7 Å². The third-order valence-electron chi connectivity index (χ3n) is 2.83. The first kappa shape index (κ1) is 15.4. The molecule has 114 valence electrons. The van der Waals surface area contributed by atoms with Crippen LogP contribution in [0.5, 0.6) is 0 Å². The number of hydrogen-bond acceptors (Lipinski definition) is 6. The molecule has 0 saturated carbocycles. The lowest BCUT2D eigenvalue weighted by atomic mass is 10.4. The van der Waals surface area contributed by atoms with Crippen molar-refractivity contribution in [1.29, 1.82) is 0 Å². The van der Waals surface area contributed by atoms with Crippen LogP contribution in [-0.4, -0.2) is 46.5 Å². The molecule has 0 atom stereocenters. The largest absolute Gasteiger partial charge is 0.354 e. The Morgan fingerprint density at radius 1 is 1.29 bits per heavy atom. The molecular weight excluding hydrogens is 292 g/mol. The van der Waals surface area contributed by atoms with E-state index >= 15 is 0 Å². The number of hydrogen-bond donors (Lipinski definition) is 2. The van der Waals surface area contributed by atoms with Crippen LogP contribution in [0.25, 0.3) is 0 Å². The predicted molar refractivity (Wildman–Crippen MR) is 78.1 cm³/mol. The van der Waals surface area contributed by atoms with Gasteiger partial charge in [-0.05, 0) is 6.42 Å². The summed E-state index contributed by atoms with van der Waals surface area (Å²) in [5, 5.41) is 9.44. The normalized spacial score (nSPS) is 11.8. The number of aromatic amines is 1. The van der Waals surface area contributed by atoms with Crippen molar-refractivity contribution in [2.24, 2.45) is 0 Å². The topological polar surface area (TPSA) is 104 Å². The molecule has 0 aliphatic heterocycles. The zero-order valence-corrected chi connectivity index (χ0v) is 12.8. The Morgan fingerprint density at radius 3 is 2.57 bits per heavy atom. The van der Waals surface area contributed by atoms with E-state index in [2.05, 4.69) is 25.5 Å². The molecule has 0 radical (unpaired) electrons. The molecule has 2 aromatic heterocycles. The molecule has 0 saturated heterocycles. The Kier molecular flexibility index (Phi) is 4.86. The third-order valence-corrected chi connectivity index (χ3v) is 4.59. The van der Waals surface area contributed by atoms with Crippen molar-refractivity contribution in [2.75, 3.05) is 18.9 Å². The standard InChI is InChI=1S/C12H18N6O2S/c1-3-4-13-12-14-7-11(8-15-12)21(19,20)18(2)9-10-5-16-17-6-10/h5-8H,3-4,9H2,1-2H3,(H,16,17)(H,13,14,15). The summed E-state index contributed by atoms with van der Waals surface area (Å²) in [6.45, 7) is 3.00. The van der Waals surface area contributed by atoms with E-state index < -0.39 is 10.0 Å². The molecule has 2 aromatic rings. The van der Waals surface area contributed by atoms with Crippen molar-refractivity contribution < 1.29 is 8.42 Å². The average molecular weight is 310 g/mol. The summed E-state index contributed by atoms with van der Waals surface area (Å²) in [6.07, 6.45) is 6.80. The fourth-order valence-electron chi connectivity index (χ4n) is 1.66. The van der Waals surface area contributed by atoms with Crippen LogP contribution in [0.2, 0.25) is 0 Å². The zero-order chi connectivity index (χ0) is 15.3. The number of nitrogens with one attached hydrogen (secondary N) is 2. The molecule has 2 rings (SSSR count). The molecule has 0 amide bonds. The first-order chi connectivity index (χ1) is 10.0. The molecule has 0 fully saturated rings. The number of H-pyrrole nitrogens is 1. The summed E-state index contributed by atoms with van der Waals surface area (Å²) < 4.78 is 26.0. The highest BCUT2D eigenvalue weighted by atomic mass is 32.2. The number of aromatic nitrogens is 4. The van der Waals surface area contributed by atoms with Crippen molar-refractivity contribution >= 4 is 16.0 Å². The van der Waals surface area contributed by atoms with E-state index in [0.717, 1.165) is 18.5 Å². The molecule has 0 aromatic carbocycles. The highest BCUT2D eigenvalue weighted by Crippen LogP contribution is 2.15. The SMILES string of the molecule is CCCNc1ncc(S(=O)(=O)N(C)Cc2cn[nH]c2)cn1. The van der Waals surface area contributed by atoms with E-state index in [1.807, 2.05) is 6.92 Å². The van der Waals surface area contributed by atoms with Crippen molar-refractivity contribution in [3.63, 3.8) is 0 Å². The van der Waals surface area contributed by atoms with Gasteiger partial charge >= 0.3 is 0 Å². The van der Waals surface area contributed by atoms with Crippen LogP contribution in [0.15, 0.2) is 29.7 Å². The average Bonchev–Trinajstić information content (AvgIpc) is 2.98. The quantitative estimate of drug-likeness (QED) is 0.785. The summed E-state index contributed by atoms with van der Waals surface area (Å²) in [5.74, 6) is 0.424. The van der Waals surface area contributed by atoms with Crippen LogP contribution >= 0.6 is 0 Å². The summed E-state index contributed by atoms with van der Waals surface area (Å²) in [6, 6.07) is 0. The fourth-order valence-corrected chi connectivity index (χ4v) is 2.71. The van der Waals surface area contributed by atoms with Gasteiger partial charge in [-0.1, -0.05) is 6.92 Å². The van der Waals surface area contributed by atoms with E-state index in [0.29, 0.717) is 5.95 Å². The van der Waals surface area contributed by atoms with Crippen LogP contribution in [-0.2, 0) is 16.6 Å². The lowest BCUT2D eigenvalue weighted by molar-refractivity contribution is 0.466. The summed E-state index contributed by atoms with van der Waals surface area (Å²) in [7, 11) is -2.11. The lowest BCUT2D eigenvalue weighted by Crippen LogP contribution is -2.26. The van der Waals surface area contributed by atoms with Crippen molar-refractivity contribution in [3.05, 3.63) is 30.4 Å². The predicted octanol–water partition coefficient (Wildman–Crippen LogP) is 0.842. The highest BCUT2D eigenvalue weighted by Gasteiger charge is 2.22. The Morgan fingerprint density at radius 2 is 2.00 bits per heavy atom. The minimum Gasteiger partial charge on any atom is -0.354 e. The molecule has 0 bridgehead atoms. The first-order valence-electron chi connectivity index (χ1n) is 6.54. The van der Waals surface area contributed by atoms with E-state index in [1.54, 1.807) is 12.4 Å². The Labute approximate surface area is 123 Å². The molecule has 21 heavy (non-hydrogen) atoms. The van der Waals surface area contributed by atoms with Gasteiger partial charge in [0.05, 0.1) is 18.6 Å². The molecule has 0 aliphatic carbocycles. The number of sulfonamides is 1. The maximum absolute atomic E-state index is 12.4. The van der Waals surface area contributed by atoms with Gasteiger partial charge in [0.25, 0.3) is 0 Å². The van der Waals surface area contributed by atoms with Gasteiger partial charge in [-0.2, -0.15) is 9.40 Å². The molecule has 8 nitrogen and oxygen atoms in total. The second-order valence-electron chi connectivity index (χ2n) is 4.54. The van der Waals surface area contributed by atoms with E-state index in [-0.39, 0.29) is 11.4 Å². The first-order valence-corrected chi connectivity index (χ1v) is 7.98. The minimum absolute atomic E-state index is 0.0653. The van der Waals surface area contributed by atoms with Crippen LogP contribution in [0, 0.1) is 0 Å². The van der Waals surface area contributed by atoms with Gasteiger partial charge in [-0.25, -0.2) is 18.4 Å². The minimum atomic E-state index is -3.61. The number of rotatable bonds is 7. The molecular formula is C12H18N6O2S. The smallest absolute Gasteiger partial charge is 0.246 e. The summed E-state index contributed by atoms with van der Waals surface area (Å²) in [4.78, 5) is 8.10. The van der Waals surface area contributed by atoms with Crippen LogP contribution in [0.4, 0.5) is 5.95 Å².